The lowest BCUT2D eigenvalue weighted by Gasteiger charge is -2.25. The van der Waals surface area contributed by atoms with E-state index in [1.807, 2.05) is 19.1 Å². The van der Waals surface area contributed by atoms with Crippen molar-refractivity contribution in [2.75, 3.05) is 13.7 Å². The number of ether oxygens (including phenoxy) is 1. The number of methoxy groups -OCH3 is 1. The third kappa shape index (κ3) is 15.1. The normalized spacial score (nSPS) is 13.2. The second-order valence-electron chi connectivity index (χ2n) is 14.1. The third-order valence-electron chi connectivity index (χ3n) is 9.61. The molecule has 0 aromatic heterocycles. The molecule has 4 unspecified atom stereocenters. The summed E-state index contributed by atoms with van der Waals surface area (Å²) in [5, 5.41) is 20.7. The van der Waals surface area contributed by atoms with E-state index in [0.717, 1.165) is 24.1 Å². The minimum absolute atomic E-state index is 0.00603. The van der Waals surface area contributed by atoms with Gasteiger partial charge in [0.2, 0.25) is 23.6 Å². The second kappa shape index (κ2) is 23.0. The van der Waals surface area contributed by atoms with E-state index in [9.17, 15) is 42.4 Å². The van der Waals surface area contributed by atoms with Crippen LogP contribution >= 0.6 is 8.25 Å². The van der Waals surface area contributed by atoms with Crippen LogP contribution in [0.4, 0.5) is 8.78 Å². The topological polar surface area (TPSA) is 235 Å². The first kappa shape index (κ1) is 47.5. The van der Waals surface area contributed by atoms with Crippen LogP contribution in [0, 0.1) is 0 Å². The molecule has 0 fully saturated rings. The fourth-order valence-corrected chi connectivity index (χ4v) is 6.61. The van der Waals surface area contributed by atoms with Gasteiger partial charge in [-0.1, -0.05) is 79.7 Å². The molecule has 0 bridgehead atoms. The molecule has 0 aliphatic rings. The summed E-state index contributed by atoms with van der Waals surface area (Å²) in [4.78, 5) is 75.4. The van der Waals surface area contributed by atoms with Crippen LogP contribution in [0.15, 0.2) is 97.1 Å². The Balaban J connectivity index is 1.51. The van der Waals surface area contributed by atoms with Gasteiger partial charge >= 0.3 is 14.4 Å². The number of unbranched alkanes of at least 4 members (excludes halogenated alkanes) is 1. The fraction of sp³-hybridized carbons (Fsp3) is 0.326. The van der Waals surface area contributed by atoms with Gasteiger partial charge in [-0.05, 0) is 72.2 Å². The van der Waals surface area contributed by atoms with Crippen molar-refractivity contribution in [3.63, 3.8) is 0 Å². The highest BCUT2D eigenvalue weighted by molar-refractivity contribution is 7.32. The molecule has 4 aromatic carbocycles. The predicted octanol–water partition coefficient (Wildman–Crippen LogP) is 3.98. The SMILES string of the molecule is CCc1ccc(C(=O)NCCCCC(NC(=O)C(Cc2ccc(C(F)(F)O[PH](=O)O)cc2)NC(=O)C(Cc2ccccc2)NC(=O)Cc2ccc(O)c(OC)c2)C(N)=O)cc1. The summed E-state index contributed by atoms with van der Waals surface area (Å²) in [6.07, 6.45) is -2.90. The molecule has 15 nitrogen and oxygen atoms in total. The number of aryl methyl sites for hydroxylation is 1. The number of aromatic hydroxyl groups is 1. The van der Waals surface area contributed by atoms with Crippen molar-refractivity contribution in [1.82, 2.24) is 21.3 Å². The summed E-state index contributed by atoms with van der Waals surface area (Å²) in [5.74, 6) is -3.34. The number of primary amides is 1. The summed E-state index contributed by atoms with van der Waals surface area (Å²) in [6.45, 7) is 2.28. The Hall–Kier alpha value is -6.16. The molecule has 0 spiro atoms. The number of phenols is 1. The predicted molar refractivity (Wildman–Crippen MR) is 222 cm³/mol. The Morgan fingerprint density at radius 1 is 0.770 bits per heavy atom. The van der Waals surface area contributed by atoms with E-state index in [-0.39, 0.29) is 55.2 Å². The van der Waals surface area contributed by atoms with Gasteiger partial charge in [0.1, 0.15) is 18.1 Å². The summed E-state index contributed by atoms with van der Waals surface area (Å²) in [7, 11) is -2.65. The highest BCUT2D eigenvalue weighted by Gasteiger charge is 2.35. The van der Waals surface area contributed by atoms with Gasteiger partial charge < -0.3 is 41.7 Å². The molecule has 0 radical (unpaired) electrons. The third-order valence-corrected chi connectivity index (χ3v) is 10.0. The molecule has 4 aromatic rings. The van der Waals surface area contributed by atoms with Crippen molar-refractivity contribution in [2.24, 2.45) is 5.73 Å². The van der Waals surface area contributed by atoms with Crippen molar-refractivity contribution < 1.29 is 56.6 Å². The number of amides is 5. The van der Waals surface area contributed by atoms with Crippen LogP contribution < -0.4 is 31.7 Å². The van der Waals surface area contributed by atoms with Crippen LogP contribution in [-0.2, 0) is 60.1 Å². The van der Waals surface area contributed by atoms with E-state index < -0.39 is 61.7 Å². The Morgan fingerprint density at radius 3 is 1.93 bits per heavy atom. The van der Waals surface area contributed by atoms with Gasteiger partial charge in [0.25, 0.3) is 5.91 Å². The van der Waals surface area contributed by atoms with Crippen LogP contribution in [0.3, 0.4) is 0 Å². The average Bonchev–Trinajstić information content (AvgIpc) is 3.23. The first-order valence-electron chi connectivity index (χ1n) is 19.4. The lowest BCUT2D eigenvalue weighted by atomic mass is 10.0. The first-order valence-corrected chi connectivity index (χ1v) is 20.7. The van der Waals surface area contributed by atoms with Crippen molar-refractivity contribution in [3.05, 3.63) is 130 Å². The highest BCUT2D eigenvalue weighted by Crippen LogP contribution is 2.37. The van der Waals surface area contributed by atoms with Crippen molar-refractivity contribution >= 4 is 37.8 Å². The minimum Gasteiger partial charge on any atom is -0.504 e. The van der Waals surface area contributed by atoms with Crippen LogP contribution in [0.5, 0.6) is 11.5 Å². The van der Waals surface area contributed by atoms with E-state index in [1.54, 1.807) is 42.5 Å². The van der Waals surface area contributed by atoms with E-state index in [2.05, 4.69) is 25.8 Å². The van der Waals surface area contributed by atoms with E-state index in [1.165, 1.54) is 37.4 Å². The number of nitrogens with two attached hydrogens (primary N) is 1. The zero-order valence-corrected chi connectivity index (χ0v) is 34.6. The minimum atomic E-state index is -4.10. The largest absolute Gasteiger partial charge is 0.504 e. The molecule has 5 amide bonds. The molecule has 61 heavy (non-hydrogen) atoms. The molecule has 8 N–H and O–H groups in total. The standard InChI is InChI=1S/C43H50F2N5O10P/c1-3-27-12-17-31(18-13-27)40(54)47-22-8-7-11-33(39(46)53)49-42(56)35(24-29-14-19-32(20-15-29)43(44,45)60-61(57)58)50-41(55)34(23-28-9-5-4-6-10-28)48-38(52)26-30-16-21-36(51)37(25-30)59-2/h4-6,9-10,12-21,25,33-35,51,61H,3,7-8,11,22-24,26H2,1-2H3,(H2,46,53)(H,47,54)(H,48,52)(H,49,56)(H,50,55)(H,57,58). The highest BCUT2D eigenvalue weighted by atomic mass is 31.1. The number of nitrogens with one attached hydrogen (secondary N) is 4. The van der Waals surface area contributed by atoms with E-state index >= 15 is 0 Å². The maximum atomic E-state index is 14.4. The van der Waals surface area contributed by atoms with Gasteiger partial charge in [0.05, 0.1) is 19.1 Å². The van der Waals surface area contributed by atoms with Gasteiger partial charge in [-0.2, -0.15) is 8.78 Å². The average molecular weight is 866 g/mol. The number of phenolic OH excluding ortho intramolecular Hbond substituents is 1. The summed E-state index contributed by atoms with van der Waals surface area (Å²) < 4.78 is 48.8. The molecular formula is C43H50F2N5O10P. The summed E-state index contributed by atoms with van der Waals surface area (Å²) in [5.41, 5.74) is 7.91. The lowest BCUT2D eigenvalue weighted by Crippen LogP contribution is -2.57. The molecule has 0 heterocycles. The monoisotopic (exact) mass is 865 g/mol. The Morgan fingerprint density at radius 2 is 1.34 bits per heavy atom. The molecule has 0 saturated heterocycles. The molecular weight excluding hydrogens is 815 g/mol. The fourth-order valence-electron chi connectivity index (χ4n) is 6.27. The zero-order chi connectivity index (χ0) is 44.5. The number of hydrogen-bond donors (Lipinski definition) is 7. The Kier molecular flexibility index (Phi) is 17.9. The van der Waals surface area contributed by atoms with Gasteiger partial charge in [-0.15, -0.1) is 0 Å². The van der Waals surface area contributed by atoms with E-state index in [0.29, 0.717) is 29.5 Å². The number of carbonyl (C=O) groups is 5. The zero-order valence-electron chi connectivity index (χ0n) is 33.6. The molecule has 0 aliphatic carbocycles. The number of rotatable bonds is 23. The van der Waals surface area contributed by atoms with Gasteiger partial charge in [0.15, 0.2) is 11.5 Å². The molecule has 326 valence electrons. The molecule has 18 heteroatoms. The Labute approximate surface area is 352 Å². The van der Waals surface area contributed by atoms with Crippen molar-refractivity contribution in [2.45, 2.75) is 76.1 Å². The quantitative estimate of drug-likeness (QED) is 0.0419. The van der Waals surface area contributed by atoms with Crippen molar-refractivity contribution in [1.29, 1.82) is 0 Å². The second-order valence-corrected chi connectivity index (χ2v) is 14.8. The van der Waals surface area contributed by atoms with Gasteiger partial charge in [-0.25, -0.2) is 4.52 Å². The maximum absolute atomic E-state index is 14.4. The van der Waals surface area contributed by atoms with Crippen LogP contribution in [0.1, 0.15) is 64.4 Å². The van der Waals surface area contributed by atoms with Crippen LogP contribution in [0.2, 0.25) is 0 Å². The summed E-state index contributed by atoms with van der Waals surface area (Å²) >= 11 is 0. The number of carbonyl (C=O) groups excluding carboxylic acids is 5. The van der Waals surface area contributed by atoms with Crippen LogP contribution in [0.25, 0.3) is 0 Å². The Bertz CT molecular complexity index is 2140. The number of halogens is 2. The maximum Gasteiger partial charge on any atom is 0.389 e. The molecule has 4 rings (SSSR count). The smallest absolute Gasteiger partial charge is 0.389 e. The lowest BCUT2D eigenvalue weighted by molar-refractivity contribution is -0.185. The van der Waals surface area contributed by atoms with E-state index in [4.69, 9.17) is 15.4 Å². The first-order chi connectivity index (χ1) is 29.1. The van der Waals surface area contributed by atoms with Crippen LogP contribution in [-0.4, -0.2) is 71.3 Å². The van der Waals surface area contributed by atoms with Gasteiger partial charge in [-0.3, -0.25) is 28.5 Å². The number of alkyl halides is 2. The molecule has 0 saturated carbocycles. The summed E-state index contributed by atoms with van der Waals surface area (Å²) in [6, 6.07) is 20.7. The number of benzene rings is 4. The number of hydrogen-bond acceptors (Lipinski definition) is 9. The molecule has 4 atom stereocenters. The molecule has 0 aliphatic heterocycles. The van der Waals surface area contributed by atoms with Gasteiger partial charge in [0, 0.05) is 24.9 Å². The van der Waals surface area contributed by atoms with Crippen molar-refractivity contribution in [3.8, 4) is 11.5 Å².